The summed E-state index contributed by atoms with van der Waals surface area (Å²) in [4.78, 5) is 0. The fraction of sp³-hybridized carbons (Fsp3) is 0.900. The molecule has 0 unspecified atom stereocenters. The van der Waals surface area contributed by atoms with Gasteiger partial charge in [0.1, 0.15) is 0 Å². The number of hydrogen-bond acceptors (Lipinski definition) is 0. The maximum absolute atomic E-state index is 2.49. The molecule has 0 aliphatic rings. The molecule has 0 atom stereocenters. The van der Waals surface area contributed by atoms with Gasteiger partial charge in [0.2, 0.25) is 0 Å². The second-order valence-electron chi connectivity index (χ2n) is 6.95. The highest BCUT2D eigenvalue weighted by molar-refractivity contribution is 4.97. The zero-order valence-electron chi connectivity index (χ0n) is 14.8. The third kappa shape index (κ3) is 15.8. The first-order valence-electron chi connectivity index (χ1n) is 9.32. The van der Waals surface area contributed by atoms with Crippen molar-refractivity contribution in [2.24, 2.45) is 5.92 Å². The van der Waals surface area contributed by atoms with Gasteiger partial charge in [0.25, 0.3) is 0 Å². The van der Waals surface area contributed by atoms with Crippen LogP contribution in [-0.4, -0.2) is 0 Å². The van der Waals surface area contributed by atoms with Crippen LogP contribution in [0.4, 0.5) is 0 Å². The molecule has 0 aromatic heterocycles. The fourth-order valence-corrected chi connectivity index (χ4v) is 2.69. The van der Waals surface area contributed by atoms with Gasteiger partial charge >= 0.3 is 0 Å². The van der Waals surface area contributed by atoms with E-state index in [1.807, 2.05) is 0 Å². The van der Waals surface area contributed by atoms with Crippen LogP contribution in [-0.2, 0) is 0 Å². The van der Waals surface area contributed by atoms with Crippen molar-refractivity contribution in [2.45, 2.75) is 111 Å². The van der Waals surface area contributed by atoms with Gasteiger partial charge in [-0.1, -0.05) is 90.2 Å². The first-order chi connectivity index (χ1) is 9.66. The molecule has 0 radical (unpaired) electrons. The molecule has 0 heteroatoms. The van der Waals surface area contributed by atoms with Gasteiger partial charge in [0.15, 0.2) is 0 Å². The first-order valence-corrected chi connectivity index (χ1v) is 9.32. The fourth-order valence-electron chi connectivity index (χ4n) is 2.69. The van der Waals surface area contributed by atoms with Crippen molar-refractivity contribution < 1.29 is 0 Å². The molecule has 0 saturated heterocycles. The molecular weight excluding hydrogens is 240 g/mol. The molecule has 0 N–H and O–H groups in total. The lowest BCUT2D eigenvalue weighted by atomic mass is 10.0. The molecule has 0 aromatic carbocycles. The summed E-state index contributed by atoms with van der Waals surface area (Å²) < 4.78 is 0. The Morgan fingerprint density at radius 2 is 1.40 bits per heavy atom. The Morgan fingerprint density at radius 1 is 0.800 bits per heavy atom. The summed E-state index contributed by atoms with van der Waals surface area (Å²) >= 11 is 0. The second kappa shape index (κ2) is 15.1. The molecule has 0 amide bonds. The monoisotopic (exact) mass is 280 g/mol. The minimum atomic E-state index is 0.873. The van der Waals surface area contributed by atoms with Crippen LogP contribution in [0.1, 0.15) is 111 Å². The summed E-state index contributed by atoms with van der Waals surface area (Å²) in [6.45, 7) is 9.26. The van der Waals surface area contributed by atoms with Crippen LogP contribution in [0, 0.1) is 5.92 Å². The Kier molecular flexibility index (Phi) is 14.9. The highest BCUT2D eigenvalue weighted by Crippen LogP contribution is 2.14. The van der Waals surface area contributed by atoms with Gasteiger partial charge in [-0.25, -0.2) is 0 Å². The number of hydrogen-bond donors (Lipinski definition) is 0. The molecule has 0 heterocycles. The summed E-state index contributed by atoms with van der Waals surface area (Å²) in [5, 5.41) is 0. The molecule has 0 rings (SSSR count). The van der Waals surface area contributed by atoms with Crippen molar-refractivity contribution in [1.82, 2.24) is 0 Å². The predicted molar refractivity (Wildman–Crippen MR) is 94.3 cm³/mol. The molecule has 120 valence electrons. The third-order valence-corrected chi connectivity index (χ3v) is 4.15. The average Bonchev–Trinajstić information content (AvgIpc) is 2.41. The van der Waals surface area contributed by atoms with E-state index in [9.17, 15) is 0 Å². The minimum absolute atomic E-state index is 0.873. The maximum Gasteiger partial charge on any atom is -0.0323 e. The van der Waals surface area contributed by atoms with Crippen molar-refractivity contribution in [3.8, 4) is 0 Å². The van der Waals surface area contributed by atoms with Crippen LogP contribution < -0.4 is 0 Å². The lowest BCUT2D eigenvalue weighted by Crippen LogP contribution is -1.86. The van der Waals surface area contributed by atoms with Gasteiger partial charge in [-0.2, -0.15) is 0 Å². The molecule has 0 bridgehead atoms. The quantitative estimate of drug-likeness (QED) is 0.226. The summed E-state index contributed by atoms with van der Waals surface area (Å²) in [5.74, 6) is 0.873. The molecule has 0 aliphatic carbocycles. The van der Waals surface area contributed by atoms with Crippen molar-refractivity contribution in [3.05, 3.63) is 11.6 Å². The van der Waals surface area contributed by atoms with Crippen LogP contribution in [0.25, 0.3) is 0 Å². The lowest BCUT2D eigenvalue weighted by molar-refractivity contribution is 0.539. The molecule has 0 aromatic rings. The second-order valence-corrected chi connectivity index (χ2v) is 6.95. The zero-order valence-corrected chi connectivity index (χ0v) is 14.8. The first kappa shape index (κ1) is 19.7. The van der Waals surface area contributed by atoms with Crippen molar-refractivity contribution in [1.29, 1.82) is 0 Å². The van der Waals surface area contributed by atoms with E-state index in [1.165, 1.54) is 83.5 Å². The summed E-state index contributed by atoms with van der Waals surface area (Å²) in [6, 6.07) is 0. The number of unbranched alkanes of at least 4 members (excludes halogenated alkanes) is 9. The number of rotatable bonds is 14. The van der Waals surface area contributed by atoms with E-state index in [2.05, 4.69) is 33.8 Å². The van der Waals surface area contributed by atoms with Crippen LogP contribution in [0.5, 0.6) is 0 Å². The topological polar surface area (TPSA) is 0 Å². The smallest absolute Gasteiger partial charge is 0.0323 e. The van der Waals surface area contributed by atoms with Crippen molar-refractivity contribution in [3.63, 3.8) is 0 Å². The Morgan fingerprint density at radius 3 is 2.00 bits per heavy atom. The van der Waals surface area contributed by atoms with E-state index >= 15 is 0 Å². The van der Waals surface area contributed by atoms with E-state index in [0.29, 0.717) is 0 Å². The SMILES string of the molecule is CCCCCCCCCCC(C)=CCCCCC(C)C. The summed E-state index contributed by atoms with van der Waals surface area (Å²) in [6.07, 6.45) is 20.7. The summed E-state index contributed by atoms with van der Waals surface area (Å²) in [7, 11) is 0. The van der Waals surface area contributed by atoms with Crippen LogP contribution in [0.2, 0.25) is 0 Å². The average molecular weight is 281 g/mol. The number of allylic oxidation sites excluding steroid dienone is 2. The van der Waals surface area contributed by atoms with Gasteiger partial charge in [0, 0.05) is 0 Å². The van der Waals surface area contributed by atoms with Gasteiger partial charge in [-0.15, -0.1) is 0 Å². The Bertz CT molecular complexity index is 212. The Hall–Kier alpha value is -0.260. The summed E-state index contributed by atoms with van der Waals surface area (Å²) in [5.41, 5.74) is 1.63. The minimum Gasteiger partial charge on any atom is -0.0856 e. The normalized spacial score (nSPS) is 12.3. The van der Waals surface area contributed by atoms with E-state index in [-0.39, 0.29) is 0 Å². The van der Waals surface area contributed by atoms with E-state index in [4.69, 9.17) is 0 Å². The Labute approximate surface area is 129 Å². The molecule has 20 heavy (non-hydrogen) atoms. The van der Waals surface area contributed by atoms with E-state index in [1.54, 1.807) is 5.57 Å². The van der Waals surface area contributed by atoms with Gasteiger partial charge < -0.3 is 0 Å². The Balaban J connectivity index is 3.28. The molecule has 0 spiro atoms. The van der Waals surface area contributed by atoms with Gasteiger partial charge in [0.05, 0.1) is 0 Å². The van der Waals surface area contributed by atoms with Crippen LogP contribution in [0.15, 0.2) is 11.6 Å². The molecular formula is C20H40. The highest BCUT2D eigenvalue weighted by Gasteiger charge is 1.95. The molecule has 0 fully saturated rings. The highest BCUT2D eigenvalue weighted by atomic mass is 14.0. The van der Waals surface area contributed by atoms with E-state index < -0.39 is 0 Å². The zero-order chi connectivity index (χ0) is 15.1. The molecule has 0 nitrogen and oxygen atoms in total. The molecule has 0 aliphatic heterocycles. The standard InChI is InChI=1S/C20H40/c1-5-6-7-8-9-10-11-14-17-20(4)18-15-12-13-16-19(2)3/h18-19H,5-17H2,1-4H3. The maximum atomic E-state index is 2.49. The third-order valence-electron chi connectivity index (χ3n) is 4.15. The molecule has 0 saturated carbocycles. The van der Waals surface area contributed by atoms with E-state index in [0.717, 1.165) is 5.92 Å². The predicted octanol–water partition coefficient (Wildman–Crippen LogP) is 7.68. The van der Waals surface area contributed by atoms with Gasteiger partial charge in [-0.3, -0.25) is 0 Å². The lowest BCUT2D eigenvalue weighted by Gasteiger charge is -2.04. The largest absolute Gasteiger partial charge is 0.0856 e. The van der Waals surface area contributed by atoms with Crippen molar-refractivity contribution >= 4 is 0 Å². The van der Waals surface area contributed by atoms with Crippen LogP contribution in [0.3, 0.4) is 0 Å². The van der Waals surface area contributed by atoms with Crippen molar-refractivity contribution in [2.75, 3.05) is 0 Å². The van der Waals surface area contributed by atoms with Gasteiger partial charge in [-0.05, 0) is 38.5 Å². The van der Waals surface area contributed by atoms with Crippen LogP contribution >= 0.6 is 0 Å².